The molecule has 1 aromatic heterocycles. The number of carboxylic acids is 1. The van der Waals surface area contributed by atoms with E-state index in [0.29, 0.717) is 53.1 Å². The van der Waals surface area contributed by atoms with E-state index in [9.17, 15) is 19.5 Å². The quantitative estimate of drug-likeness (QED) is 0.512. The fourth-order valence-electron chi connectivity index (χ4n) is 2.77. The Morgan fingerprint density at radius 2 is 2.00 bits per heavy atom. The summed E-state index contributed by atoms with van der Waals surface area (Å²) in [4.78, 5) is 34.7. The van der Waals surface area contributed by atoms with Crippen LogP contribution in [-0.4, -0.2) is 25.5 Å². The van der Waals surface area contributed by atoms with Crippen LogP contribution in [0.3, 0.4) is 0 Å². The average Bonchev–Trinajstić information content (AvgIpc) is 2.61. The van der Waals surface area contributed by atoms with Crippen molar-refractivity contribution in [3.63, 3.8) is 0 Å². The molecule has 0 unspecified atom stereocenters. The summed E-state index contributed by atoms with van der Waals surface area (Å²) in [5.41, 5.74) is 0.678. The summed E-state index contributed by atoms with van der Waals surface area (Å²) >= 11 is 6.14. The second-order valence-corrected chi connectivity index (χ2v) is 6.59. The van der Waals surface area contributed by atoms with Gasteiger partial charge in [0.2, 0.25) is 5.91 Å². The van der Waals surface area contributed by atoms with Crippen molar-refractivity contribution in [2.45, 2.75) is 39.0 Å². The van der Waals surface area contributed by atoms with E-state index < -0.39 is 11.6 Å². The summed E-state index contributed by atoms with van der Waals surface area (Å²) < 4.78 is 10.4. The molecule has 1 N–H and O–H groups in total. The van der Waals surface area contributed by atoms with Gasteiger partial charge in [-0.3, -0.25) is 4.79 Å². The van der Waals surface area contributed by atoms with E-state index in [0.717, 1.165) is 0 Å². The lowest BCUT2D eigenvalue weighted by molar-refractivity contribution is -0.305. The van der Waals surface area contributed by atoms with Crippen LogP contribution >= 0.6 is 11.6 Å². The van der Waals surface area contributed by atoms with Gasteiger partial charge in [0.15, 0.2) is 0 Å². The lowest BCUT2D eigenvalue weighted by Crippen LogP contribution is -2.28. The van der Waals surface area contributed by atoms with Crippen molar-refractivity contribution in [3.05, 3.63) is 38.7 Å². The average molecular weight is 395 g/mol. The molecule has 0 aliphatic carbocycles. The zero-order valence-electron chi connectivity index (χ0n) is 15.2. The van der Waals surface area contributed by atoms with Crippen LogP contribution in [0.1, 0.15) is 36.8 Å². The molecule has 0 aliphatic rings. The van der Waals surface area contributed by atoms with Gasteiger partial charge in [-0.25, -0.2) is 4.79 Å². The van der Waals surface area contributed by atoms with Gasteiger partial charge in [0.1, 0.15) is 11.3 Å². The van der Waals surface area contributed by atoms with Crippen LogP contribution < -0.4 is 20.8 Å². The van der Waals surface area contributed by atoms with E-state index in [-0.39, 0.29) is 24.3 Å². The molecule has 0 atom stereocenters. The minimum atomic E-state index is -1.07. The Balaban J connectivity index is 2.04. The number of hydrogen-bond donors (Lipinski definition) is 1. The third-order valence-corrected chi connectivity index (χ3v) is 4.57. The van der Waals surface area contributed by atoms with Gasteiger partial charge in [0.05, 0.1) is 24.1 Å². The highest BCUT2D eigenvalue weighted by Gasteiger charge is 2.16. The molecule has 7 nitrogen and oxygen atoms in total. The number of carboxylic acid groups (broad SMARTS) is 1. The summed E-state index contributed by atoms with van der Waals surface area (Å²) in [5.74, 6) is -0.976. The van der Waals surface area contributed by atoms with Gasteiger partial charge in [-0.05, 0) is 37.8 Å². The van der Waals surface area contributed by atoms with Crippen molar-refractivity contribution >= 4 is 34.4 Å². The lowest BCUT2D eigenvalue weighted by Gasteiger charge is -2.10. The highest BCUT2D eigenvalue weighted by atomic mass is 35.5. The standard InChI is InChI=1S/C19H22ClNO6/c1-11-12-8-14(20)16(26-2)10-15(12)27-19(25)13(11)9-17(22)21-7-5-3-4-6-18(23)24/h8,10H,3-7,9H2,1-2H3,(H,21,22)(H,23,24)/p-1. The molecule has 0 spiro atoms. The van der Waals surface area contributed by atoms with Gasteiger partial charge < -0.3 is 24.4 Å². The summed E-state index contributed by atoms with van der Waals surface area (Å²) in [6, 6.07) is 3.19. The SMILES string of the molecule is COc1cc2oc(=O)c(CC(=O)NCCCCCC(=O)[O-])c(C)c2cc1Cl. The third kappa shape index (κ3) is 5.47. The topological polar surface area (TPSA) is 109 Å². The van der Waals surface area contributed by atoms with Crippen LogP contribution in [-0.2, 0) is 16.0 Å². The maximum absolute atomic E-state index is 12.3. The molecule has 0 saturated carbocycles. The van der Waals surface area contributed by atoms with Crippen molar-refractivity contribution in [3.8, 4) is 5.75 Å². The Hall–Kier alpha value is -2.54. The zero-order valence-corrected chi connectivity index (χ0v) is 16.0. The Kier molecular flexibility index (Phi) is 7.24. The maximum Gasteiger partial charge on any atom is 0.340 e. The number of aliphatic carboxylic acids is 1. The Labute approximate surface area is 161 Å². The second kappa shape index (κ2) is 9.41. The van der Waals surface area contributed by atoms with E-state index >= 15 is 0 Å². The van der Waals surface area contributed by atoms with Gasteiger partial charge in [0, 0.05) is 24.0 Å². The third-order valence-electron chi connectivity index (χ3n) is 4.28. The van der Waals surface area contributed by atoms with Crippen LogP contribution in [0, 0.1) is 6.92 Å². The van der Waals surface area contributed by atoms with Gasteiger partial charge in [-0.1, -0.05) is 18.0 Å². The number of amides is 1. The predicted molar refractivity (Wildman–Crippen MR) is 99.0 cm³/mol. The number of fused-ring (bicyclic) bond motifs is 1. The molecule has 146 valence electrons. The second-order valence-electron chi connectivity index (χ2n) is 6.19. The number of aryl methyl sites for hydroxylation is 1. The molecule has 0 aliphatic heterocycles. The number of unbranched alkanes of at least 4 members (excludes halogenated alkanes) is 2. The van der Waals surface area contributed by atoms with Crippen LogP contribution in [0.15, 0.2) is 21.3 Å². The molecule has 1 heterocycles. The Morgan fingerprint density at radius 1 is 1.26 bits per heavy atom. The molecule has 0 fully saturated rings. The number of methoxy groups -OCH3 is 1. The van der Waals surface area contributed by atoms with Crippen LogP contribution in [0.5, 0.6) is 5.75 Å². The molecule has 0 radical (unpaired) electrons. The van der Waals surface area contributed by atoms with E-state index in [1.165, 1.54) is 7.11 Å². The summed E-state index contributed by atoms with van der Waals surface area (Å²) in [7, 11) is 1.47. The number of nitrogens with one attached hydrogen (secondary N) is 1. The molecule has 0 saturated heterocycles. The normalized spacial score (nSPS) is 10.8. The summed E-state index contributed by atoms with van der Waals surface area (Å²) in [6.07, 6.45) is 1.74. The molecular formula is C19H21ClNO6-. The van der Waals surface area contributed by atoms with Crippen LogP contribution in [0.2, 0.25) is 5.02 Å². The van der Waals surface area contributed by atoms with Gasteiger partial charge in [-0.15, -0.1) is 0 Å². The molecule has 8 heteroatoms. The van der Waals surface area contributed by atoms with E-state index in [1.807, 2.05) is 0 Å². The van der Waals surface area contributed by atoms with Crippen molar-refractivity contribution in [2.75, 3.05) is 13.7 Å². The van der Waals surface area contributed by atoms with Crippen molar-refractivity contribution in [1.82, 2.24) is 5.32 Å². The monoisotopic (exact) mass is 394 g/mol. The number of halogens is 1. The van der Waals surface area contributed by atoms with E-state index in [2.05, 4.69) is 5.32 Å². The highest BCUT2D eigenvalue weighted by Crippen LogP contribution is 2.31. The number of ether oxygens (including phenoxy) is 1. The first-order valence-corrected chi connectivity index (χ1v) is 8.97. The van der Waals surface area contributed by atoms with Gasteiger partial charge >= 0.3 is 5.63 Å². The first-order valence-electron chi connectivity index (χ1n) is 8.60. The first-order chi connectivity index (χ1) is 12.8. The molecule has 2 aromatic rings. The molecular weight excluding hydrogens is 374 g/mol. The fourth-order valence-corrected chi connectivity index (χ4v) is 3.01. The zero-order chi connectivity index (χ0) is 20.0. The smallest absolute Gasteiger partial charge is 0.340 e. The number of carbonyl (C=O) groups is 2. The molecule has 0 bridgehead atoms. The lowest BCUT2D eigenvalue weighted by atomic mass is 10.0. The van der Waals surface area contributed by atoms with Crippen molar-refractivity contribution in [1.29, 1.82) is 0 Å². The minimum Gasteiger partial charge on any atom is -0.550 e. The van der Waals surface area contributed by atoms with Crippen LogP contribution in [0.4, 0.5) is 0 Å². The predicted octanol–water partition coefficient (Wildman–Crippen LogP) is 1.73. The summed E-state index contributed by atoms with van der Waals surface area (Å²) in [6.45, 7) is 2.15. The molecule has 1 amide bonds. The Bertz CT molecular complexity index is 905. The van der Waals surface area contributed by atoms with Gasteiger partial charge in [0.25, 0.3) is 0 Å². The number of carbonyl (C=O) groups excluding carboxylic acids is 2. The van der Waals surface area contributed by atoms with E-state index in [4.69, 9.17) is 20.8 Å². The minimum absolute atomic E-state index is 0.0125. The van der Waals surface area contributed by atoms with Crippen LogP contribution in [0.25, 0.3) is 11.0 Å². The Morgan fingerprint density at radius 3 is 2.67 bits per heavy atom. The number of benzene rings is 1. The summed E-state index contributed by atoms with van der Waals surface area (Å²) in [5, 5.41) is 14.1. The maximum atomic E-state index is 12.3. The largest absolute Gasteiger partial charge is 0.550 e. The fraction of sp³-hybridized carbons (Fsp3) is 0.421. The molecule has 2 rings (SSSR count). The molecule has 1 aromatic carbocycles. The number of hydrogen-bond acceptors (Lipinski definition) is 6. The molecule has 27 heavy (non-hydrogen) atoms. The highest BCUT2D eigenvalue weighted by molar-refractivity contribution is 6.32. The van der Waals surface area contributed by atoms with E-state index in [1.54, 1.807) is 19.1 Å². The number of rotatable bonds is 9. The first kappa shape index (κ1) is 20.8. The van der Waals surface area contributed by atoms with Crippen molar-refractivity contribution < 1.29 is 23.8 Å². The van der Waals surface area contributed by atoms with Crippen molar-refractivity contribution in [2.24, 2.45) is 0 Å². The van der Waals surface area contributed by atoms with Gasteiger partial charge in [-0.2, -0.15) is 0 Å².